The van der Waals surface area contributed by atoms with Crippen molar-refractivity contribution in [2.75, 3.05) is 25.6 Å². The smallest absolute Gasteiger partial charge is 0.255 e. The van der Waals surface area contributed by atoms with Gasteiger partial charge in [-0.2, -0.15) is 0 Å². The average molecular weight is 497 g/mol. The second-order valence-corrected chi connectivity index (χ2v) is 8.07. The minimum atomic E-state index is -2.73. The minimum Gasteiger partial charge on any atom is -0.492 e. The molecule has 5 rings (SSSR count). The fraction of sp³-hybridized carbons (Fsp3) is 0.240. The van der Waals surface area contributed by atoms with Crippen LogP contribution in [0.4, 0.5) is 24.5 Å². The molecule has 1 aromatic carbocycles. The number of halogens is 3. The van der Waals surface area contributed by atoms with Crippen molar-refractivity contribution in [3.05, 3.63) is 59.7 Å². The molecule has 0 fully saturated rings. The molecule has 3 aromatic heterocycles. The summed E-state index contributed by atoms with van der Waals surface area (Å²) < 4.78 is 53.1. The number of fused-ring (bicyclic) bond motifs is 2. The number of para-hydroxylation sites is 1. The van der Waals surface area contributed by atoms with Crippen molar-refractivity contribution < 1.29 is 27.4 Å². The second kappa shape index (κ2) is 9.40. The number of amides is 1. The van der Waals surface area contributed by atoms with E-state index >= 15 is 0 Å². The van der Waals surface area contributed by atoms with Gasteiger partial charge in [-0.25, -0.2) is 18.2 Å². The van der Waals surface area contributed by atoms with Crippen LogP contribution in [0.5, 0.6) is 11.6 Å². The van der Waals surface area contributed by atoms with Crippen LogP contribution in [-0.4, -0.2) is 47.5 Å². The molecule has 4 heterocycles. The Balaban J connectivity index is 1.78. The SMILES string of the molecule is CCOc1ccc2nccc(-c3[nH]c4c(c3Nc3cccc(F)c3OC)C(=O)NCC4C(F)F)c2n1. The highest BCUT2D eigenvalue weighted by Gasteiger charge is 2.37. The van der Waals surface area contributed by atoms with E-state index in [1.165, 1.54) is 19.2 Å². The first-order valence-corrected chi connectivity index (χ1v) is 11.2. The summed E-state index contributed by atoms with van der Waals surface area (Å²) in [6.07, 6.45) is -1.18. The number of alkyl halides is 2. The topological polar surface area (TPSA) is 101 Å². The van der Waals surface area contributed by atoms with E-state index in [0.29, 0.717) is 34.8 Å². The Hall–Kier alpha value is -4.28. The lowest BCUT2D eigenvalue weighted by Crippen LogP contribution is -2.37. The molecule has 1 unspecified atom stereocenters. The van der Waals surface area contributed by atoms with Crippen LogP contribution in [0, 0.1) is 5.82 Å². The summed E-state index contributed by atoms with van der Waals surface area (Å²) in [6.45, 7) is 2.00. The fourth-order valence-corrected chi connectivity index (χ4v) is 4.36. The predicted octanol–water partition coefficient (Wildman–Crippen LogP) is 5.01. The van der Waals surface area contributed by atoms with E-state index in [1.54, 1.807) is 30.5 Å². The molecule has 1 aliphatic heterocycles. The predicted molar refractivity (Wildman–Crippen MR) is 128 cm³/mol. The van der Waals surface area contributed by atoms with Crippen molar-refractivity contribution in [1.82, 2.24) is 20.3 Å². The van der Waals surface area contributed by atoms with Gasteiger partial charge >= 0.3 is 0 Å². The van der Waals surface area contributed by atoms with E-state index < -0.39 is 24.1 Å². The lowest BCUT2D eigenvalue weighted by molar-refractivity contribution is 0.0853. The van der Waals surface area contributed by atoms with E-state index in [4.69, 9.17) is 9.47 Å². The molecule has 0 aliphatic carbocycles. The number of anilines is 2. The Morgan fingerprint density at radius 2 is 2.06 bits per heavy atom. The third-order valence-corrected chi connectivity index (χ3v) is 5.96. The van der Waals surface area contributed by atoms with Crippen LogP contribution in [-0.2, 0) is 0 Å². The number of aromatic nitrogens is 3. The number of carbonyl (C=O) groups is 1. The second-order valence-electron chi connectivity index (χ2n) is 8.07. The largest absolute Gasteiger partial charge is 0.492 e. The molecular weight excluding hydrogens is 475 g/mol. The van der Waals surface area contributed by atoms with E-state index in [1.807, 2.05) is 6.92 Å². The first kappa shape index (κ1) is 23.5. The van der Waals surface area contributed by atoms with Gasteiger partial charge < -0.3 is 25.1 Å². The summed E-state index contributed by atoms with van der Waals surface area (Å²) in [4.78, 5) is 24.9. The molecule has 0 radical (unpaired) electrons. The number of aromatic amines is 1. The van der Waals surface area contributed by atoms with Gasteiger partial charge in [-0.15, -0.1) is 0 Å². The summed E-state index contributed by atoms with van der Waals surface area (Å²) in [5.74, 6) is -2.15. The lowest BCUT2D eigenvalue weighted by Gasteiger charge is -2.23. The first-order chi connectivity index (χ1) is 17.4. The quantitative estimate of drug-likeness (QED) is 0.332. The van der Waals surface area contributed by atoms with Gasteiger partial charge in [0, 0.05) is 30.1 Å². The van der Waals surface area contributed by atoms with Gasteiger partial charge in [0.05, 0.1) is 47.8 Å². The van der Waals surface area contributed by atoms with Gasteiger partial charge in [-0.1, -0.05) is 6.07 Å². The van der Waals surface area contributed by atoms with Crippen LogP contribution in [0.25, 0.3) is 22.3 Å². The number of ether oxygens (including phenoxy) is 2. The van der Waals surface area contributed by atoms with Gasteiger partial charge in [0.15, 0.2) is 11.6 Å². The maximum atomic E-state index is 14.4. The van der Waals surface area contributed by atoms with Crippen molar-refractivity contribution in [1.29, 1.82) is 0 Å². The zero-order valence-electron chi connectivity index (χ0n) is 19.4. The van der Waals surface area contributed by atoms with Crippen LogP contribution in [0.3, 0.4) is 0 Å². The molecule has 0 bridgehead atoms. The van der Waals surface area contributed by atoms with Gasteiger partial charge in [0.1, 0.15) is 5.52 Å². The molecule has 0 saturated heterocycles. The number of nitrogens with one attached hydrogen (secondary N) is 3. The number of rotatable bonds is 7. The number of methoxy groups -OCH3 is 1. The maximum absolute atomic E-state index is 14.4. The Bertz CT molecular complexity index is 1460. The minimum absolute atomic E-state index is 0.0128. The Labute approximate surface area is 203 Å². The number of H-pyrrole nitrogens is 1. The molecule has 8 nitrogen and oxygen atoms in total. The normalized spacial score (nSPS) is 15.1. The van der Waals surface area contributed by atoms with Crippen molar-refractivity contribution in [2.24, 2.45) is 0 Å². The number of carbonyl (C=O) groups excluding carboxylic acids is 1. The highest BCUT2D eigenvalue weighted by atomic mass is 19.3. The summed E-state index contributed by atoms with van der Waals surface area (Å²) in [7, 11) is 1.31. The van der Waals surface area contributed by atoms with Crippen LogP contribution < -0.4 is 20.1 Å². The van der Waals surface area contributed by atoms with Crippen LogP contribution >= 0.6 is 0 Å². The monoisotopic (exact) mass is 497 g/mol. The number of nitrogens with zero attached hydrogens (tertiary/aromatic N) is 2. The molecule has 1 amide bonds. The summed E-state index contributed by atoms with van der Waals surface area (Å²) in [6, 6.07) is 9.33. The standard InChI is InChI=1S/C25H22F3N5O3/c1-3-36-17-8-7-15-19(32-17)12(9-10-29-15)21-22(31-16-6-4-5-14(26)23(16)35-2)18-20(33-21)13(24(27)28)11-30-25(18)34/h4-10,13,24,31,33H,3,11H2,1-2H3,(H,30,34). The van der Waals surface area contributed by atoms with Crippen molar-refractivity contribution in [3.63, 3.8) is 0 Å². The van der Waals surface area contributed by atoms with E-state index in [0.717, 1.165) is 0 Å². The summed E-state index contributed by atoms with van der Waals surface area (Å²) in [5.41, 5.74) is 2.28. The van der Waals surface area contributed by atoms with Crippen molar-refractivity contribution >= 4 is 28.3 Å². The number of benzene rings is 1. The van der Waals surface area contributed by atoms with E-state index in [2.05, 4.69) is 25.6 Å². The molecule has 4 aromatic rings. The van der Waals surface area contributed by atoms with Gasteiger partial charge in [-0.05, 0) is 31.2 Å². The average Bonchev–Trinajstić information content (AvgIpc) is 3.23. The fourth-order valence-electron chi connectivity index (χ4n) is 4.36. The zero-order valence-corrected chi connectivity index (χ0v) is 19.4. The van der Waals surface area contributed by atoms with Gasteiger partial charge in [0.25, 0.3) is 5.91 Å². The molecule has 0 spiro atoms. The lowest BCUT2D eigenvalue weighted by atomic mass is 9.96. The van der Waals surface area contributed by atoms with Crippen molar-refractivity contribution in [2.45, 2.75) is 19.3 Å². The molecule has 0 saturated carbocycles. The highest BCUT2D eigenvalue weighted by Crippen LogP contribution is 2.43. The van der Waals surface area contributed by atoms with Crippen LogP contribution in [0.1, 0.15) is 28.9 Å². The Kier molecular flexibility index (Phi) is 6.13. The number of pyridine rings is 2. The van der Waals surface area contributed by atoms with Crippen LogP contribution in [0.2, 0.25) is 0 Å². The third kappa shape index (κ3) is 3.96. The Morgan fingerprint density at radius 3 is 2.81 bits per heavy atom. The zero-order chi connectivity index (χ0) is 25.4. The molecule has 36 heavy (non-hydrogen) atoms. The molecule has 3 N–H and O–H groups in total. The molecule has 186 valence electrons. The molecule has 1 atom stereocenters. The Morgan fingerprint density at radius 1 is 1.22 bits per heavy atom. The maximum Gasteiger partial charge on any atom is 0.255 e. The van der Waals surface area contributed by atoms with E-state index in [-0.39, 0.29) is 34.9 Å². The van der Waals surface area contributed by atoms with Gasteiger partial charge in [0.2, 0.25) is 12.3 Å². The number of hydrogen-bond acceptors (Lipinski definition) is 6. The third-order valence-electron chi connectivity index (χ3n) is 5.96. The van der Waals surface area contributed by atoms with Crippen LogP contribution in [0.15, 0.2) is 42.6 Å². The summed E-state index contributed by atoms with van der Waals surface area (Å²) in [5, 5.41) is 5.58. The van der Waals surface area contributed by atoms with E-state index in [9.17, 15) is 18.0 Å². The first-order valence-electron chi connectivity index (χ1n) is 11.2. The molecule has 1 aliphatic rings. The van der Waals surface area contributed by atoms with Crippen molar-refractivity contribution in [3.8, 4) is 22.9 Å². The molecule has 11 heteroatoms. The number of hydrogen-bond donors (Lipinski definition) is 3. The molecular formula is C25H22F3N5O3. The summed E-state index contributed by atoms with van der Waals surface area (Å²) >= 11 is 0. The highest BCUT2D eigenvalue weighted by molar-refractivity contribution is 6.08. The van der Waals surface area contributed by atoms with Gasteiger partial charge in [-0.3, -0.25) is 9.78 Å².